The van der Waals surface area contributed by atoms with Gasteiger partial charge < -0.3 is 53.5 Å². The second-order valence-corrected chi connectivity index (χ2v) is 16.6. The predicted molar refractivity (Wildman–Crippen MR) is 223 cm³/mol. The van der Waals surface area contributed by atoms with Gasteiger partial charge in [0.2, 0.25) is 5.91 Å². The summed E-state index contributed by atoms with van der Waals surface area (Å²) in [5.41, 5.74) is 5.45. The highest BCUT2D eigenvalue weighted by Crippen LogP contribution is 2.44. The Kier molecular flexibility index (Phi) is 12.0. The number of aliphatic imine (C=N–C) groups is 1. The van der Waals surface area contributed by atoms with Gasteiger partial charge in [0.15, 0.2) is 11.6 Å². The van der Waals surface area contributed by atoms with E-state index in [-0.39, 0.29) is 36.5 Å². The zero-order valence-electron chi connectivity index (χ0n) is 35.6. The van der Waals surface area contributed by atoms with Crippen molar-refractivity contribution in [3.63, 3.8) is 0 Å². The van der Waals surface area contributed by atoms with Gasteiger partial charge >= 0.3 is 12.2 Å². The van der Waals surface area contributed by atoms with Gasteiger partial charge in [-0.05, 0) is 28.2 Å². The van der Waals surface area contributed by atoms with Crippen LogP contribution in [0.3, 0.4) is 0 Å². The first-order valence-electron chi connectivity index (χ1n) is 20.8. The van der Waals surface area contributed by atoms with Gasteiger partial charge in [0.1, 0.15) is 23.4 Å². The first-order chi connectivity index (χ1) is 29.8. The lowest BCUT2D eigenvalue weighted by Gasteiger charge is -2.30. The lowest BCUT2D eigenvalue weighted by Crippen LogP contribution is -2.52. The minimum atomic E-state index is -0.971. The number of rotatable bonds is 10. The van der Waals surface area contributed by atoms with Crippen molar-refractivity contribution in [2.45, 2.75) is 70.2 Å². The molecule has 3 atom stereocenters. The Morgan fingerprint density at radius 1 is 0.710 bits per heavy atom. The number of alkyl carbamates (subject to hydrolysis) is 1. The Morgan fingerprint density at radius 2 is 1.16 bits per heavy atom. The Balaban J connectivity index is 0.971. The monoisotopic (exact) mass is 852 g/mol. The zero-order valence-corrected chi connectivity index (χ0v) is 35.6. The summed E-state index contributed by atoms with van der Waals surface area (Å²) in [5, 5.41) is 2.69. The van der Waals surface area contributed by atoms with E-state index in [0.29, 0.717) is 50.9 Å². The number of imidazole rings is 2. The predicted octanol–water partition coefficient (Wildman–Crippen LogP) is 5.41. The molecule has 18 heteroatoms. The lowest BCUT2D eigenvalue weighted by atomic mass is 10.0. The molecule has 6 heterocycles. The molecule has 328 valence electrons. The number of ether oxygens (including phenoxy) is 6. The van der Waals surface area contributed by atoms with Gasteiger partial charge in [0.05, 0.1) is 89.6 Å². The molecule has 4 amide bonds. The van der Waals surface area contributed by atoms with Gasteiger partial charge in [-0.3, -0.25) is 9.59 Å². The number of hydrogen-bond donors (Lipinski definition) is 3. The van der Waals surface area contributed by atoms with Crippen LogP contribution in [-0.2, 0) is 38.0 Å². The molecule has 0 radical (unpaired) electrons. The van der Waals surface area contributed by atoms with Crippen LogP contribution in [0.5, 0.6) is 0 Å². The molecule has 2 spiro atoms. The Labute approximate surface area is 358 Å². The van der Waals surface area contributed by atoms with Crippen LogP contribution in [-0.4, -0.2) is 131 Å². The van der Waals surface area contributed by atoms with Gasteiger partial charge in [0.25, 0.3) is 5.91 Å². The van der Waals surface area contributed by atoms with Crippen molar-refractivity contribution in [2.24, 2.45) is 16.8 Å². The second kappa shape index (κ2) is 17.4. The molecule has 3 N–H and O–H groups in total. The van der Waals surface area contributed by atoms with Crippen molar-refractivity contribution >= 4 is 29.7 Å². The normalized spacial score (nSPS) is 21.1. The quantitative estimate of drug-likeness (QED) is 0.171. The maximum atomic E-state index is 14.0. The van der Waals surface area contributed by atoms with Crippen LogP contribution in [0.15, 0.2) is 65.9 Å². The molecule has 2 aromatic heterocycles. The van der Waals surface area contributed by atoms with E-state index in [2.05, 4.69) is 20.3 Å². The maximum Gasteiger partial charge on any atom is 0.433 e. The van der Waals surface area contributed by atoms with E-state index in [1.165, 1.54) is 14.2 Å². The van der Waals surface area contributed by atoms with Crippen LogP contribution >= 0.6 is 0 Å². The number of hydrogen-bond acceptors (Lipinski definition) is 12. The Morgan fingerprint density at radius 3 is 1.60 bits per heavy atom. The molecule has 4 fully saturated rings. The number of aromatic amines is 2. The van der Waals surface area contributed by atoms with E-state index in [1.807, 2.05) is 62.4 Å². The summed E-state index contributed by atoms with van der Waals surface area (Å²) >= 11 is 0. The summed E-state index contributed by atoms with van der Waals surface area (Å²) in [6.45, 7) is 9.38. The average Bonchev–Trinajstić information content (AvgIpc) is 4.15. The number of carbonyl (C=O) groups excluding carboxylic acids is 4. The highest BCUT2D eigenvalue weighted by atomic mass is 16.7. The SMILES string of the molecule is COC(=O)N=C(C(=O)N1CC2(CC1c1ncc(-c3ccc(-c4ccc(-c5cnc(C6CC7(CN6C(=O)C(NC(=O)OC)C(C)C)OCCO7)[nH]5)cc4)cc3)[nH]1)OCCO2)C(C)C. The number of benzene rings is 2. The highest BCUT2D eigenvalue weighted by molar-refractivity contribution is 6.40. The molecule has 2 aromatic carbocycles. The topological polar surface area (TPSA) is 212 Å². The van der Waals surface area contributed by atoms with Crippen molar-refractivity contribution in [1.82, 2.24) is 35.1 Å². The van der Waals surface area contributed by atoms with E-state index in [9.17, 15) is 19.2 Å². The number of carbonyl (C=O) groups is 4. The number of H-pyrrole nitrogens is 2. The first kappa shape index (κ1) is 42.7. The second-order valence-electron chi connectivity index (χ2n) is 16.6. The minimum absolute atomic E-state index is 0.0844. The lowest BCUT2D eigenvalue weighted by molar-refractivity contribution is -0.153. The Hall–Kier alpha value is -5.95. The summed E-state index contributed by atoms with van der Waals surface area (Å²) in [7, 11) is 2.49. The molecule has 18 nitrogen and oxygen atoms in total. The number of nitrogens with zero attached hydrogens (tertiary/aromatic N) is 5. The van der Waals surface area contributed by atoms with Crippen LogP contribution in [0.4, 0.5) is 9.59 Å². The van der Waals surface area contributed by atoms with Crippen LogP contribution in [0.25, 0.3) is 33.6 Å². The third-order valence-electron chi connectivity index (χ3n) is 11.8. The zero-order chi connectivity index (χ0) is 43.8. The van der Waals surface area contributed by atoms with Gasteiger partial charge in [-0.25, -0.2) is 19.6 Å². The van der Waals surface area contributed by atoms with E-state index in [4.69, 9.17) is 38.4 Å². The average molecular weight is 853 g/mol. The van der Waals surface area contributed by atoms with E-state index >= 15 is 0 Å². The van der Waals surface area contributed by atoms with Crippen LogP contribution in [0, 0.1) is 11.8 Å². The molecule has 0 aliphatic carbocycles. The Bertz CT molecular complexity index is 2310. The smallest absolute Gasteiger partial charge is 0.433 e. The molecule has 0 bridgehead atoms. The molecule has 0 saturated carbocycles. The third-order valence-corrected chi connectivity index (χ3v) is 11.8. The molecule has 4 saturated heterocycles. The number of aromatic nitrogens is 4. The standard InChI is InChI=1S/C44H52N8O10/c1-25(2)35(49-41(55)57-5)39(53)51-23-43(59-15-16-60-43)19-33(51)37-45-21-31(47-37)29-11-7-27(8-12-29)28-9-13-30(14-10-28)32-22-46-38(48-32)34-20-44(61-17-18-62-44)24-52(34)40(54)36(26(3)4)50-42(56)58-6/h7-14,21-22,25-26,33-35H,15-20,23-24H2,1-6H3,(H,45,47)(H,46,48)(H,49,55). The summed E-state index contributed by atoms with van der Waals surface area (Å²) in [6, 6.07) is 14.4. The largest absolute Gasteiger partial charge is 0.453 e. The summed E-state index contributed by atoms with van der Waals surface area (Å²) in [5.74, 6) is -1.98. The summed E-state index contributed by atoms with van der Waals surface area (Å²) in [4.78, 5) is 75.6. The highest BCUT2D eigenvalue weighted by Gasteiger charge is 2.54. The van der Waals surface area contributed by atoms with E-state index in [0.717, 1.165) is 33.6 Å². The minimum Gasteiger partial charge on any atom is -0.453 e. The van der Waals surface area contributed by atoms with Crippen molar-refractivity contribution in [1.29, 1.82) is 0 Å². The van der Waals surface area contributed by atoms with Gasteiger partial charge in [0, 0.05) is 18.8 Å². The fraction of sp³-hybridized carbons (Fsp3) is 0.477. The molecule has 4 aromatic rings. The maximum absolute atomic E-state index is 14.0. The molecule has 4 aliphatic heterocycles. The van der Waals surface area contributed by atoms with Crippen molar-refractivity contribution in [3.05, 3.63) is 72.6 Å². The van der Waals surface area contributed by atoms with E-state index < -0.39 is 47.8 Å². The van der Waals surface area contributed by atoms with Crippen LogP contribution in [0.2, 0.25) is 0 Å². The van der Waals surface area contributed by atoms with Crippen molar-refractivity contribution < 1.29 is 47.6 Å². The number of likely N-dealkylation sites (tertiary alicyclic amines) is 2. The van der Waals surface area contributed by atoms with Crippen molar-refractivity contribution in [2.75, 3.05) is 53.7 Å². The first-order valence-corrected chi connectivity index (χ1v) is 20.8. The van der Waals surface area contributed by atoms with Crippen molar-refractivity contribution in [3.8, 4) is 33.6 Å². The molecule has 8 rings (SSSR count). The summed E-state index contributed by atoms with van der Waals surface area (Å²) in [6.07, 6.45) is 2.72. The summed E-state index contributed by atoms with van der Waals surface area (Å²) < 4.78 is 33.6. The van der Waals surface area contributed by atoms with Gasteiger partial charge in [-0.1, -0.05) is 76.2 Å². The van der Waals surface area contributed by atoms with Crippen LogP contribution in [0.1, 0.15) is 64.3 Å². The fourth-order valence-electron chi connectivity index (χ4n) is 8.61. The fourth-order valence-corrected chi connectivity index (χ4v) is 8.61. The molecule has 3 unspecified atom stereocenters. The van der Waals surface area contributed by atoms with E-state index in [1.54, 1.807) is 36.0 Å². The molecular weight excluding hydrogens is 801 g/mol. The molecule has 62 heavy (non-hydrogen) atoms. The third kappa shape index (κ3) is 8.47. The number of amides is 4. The van der Waals surface area contributed by atoms with Gasteiger partial charge in [-0.15, -0.1) is 0 Å². The number of methoxy groups -OCH3 is 2. The van der Waals surface area contributed by atoms with Gasteiger partial charge in [-0.2, -0.15) is 4.99 Å². The molecular formula is C44H52N8O10. The number of nitrogens with one attached hydrogen (secondary N) is 3. The van der Waals surface area contributed by atoms with Crippen LogP contribution < -0.4 is 5.32 Å². The molecule has 4 aliphatic rings.